The number of benzene rings is 1. The molecule has 1 heterocycles. The van der Waals surface area contributed by atoms with E-state index < -0.39 is 6.04 Å². The molecule has 1 aromatic rings. The SMILES string of the molecule is CCNC(COc1ccc2c(c1)OCO2)C(=O)OC. The van der Waals surface area contributed by atoms with Gasteiger partial charge in [0.1, 0.15) is 18.4 Å². The molecule has 1 unspecified atom stereocenters. The Morgan fingerprint density at radius 3 is 2.95 bits per heavy atom. The zero-order chi connectivity index (χ0) is 13.7. The van der Waals surface area contributed by atoms with Crippen molar-refractivity contribution in [2.45, 2.75) is 13.0 Å². The van der Waals surface area contributed by atoms with Gasteiger partial charge < -0.3 is 24.3 Å². The summed E-state index contributed by atoms with van der Waals surface area (Å²) in [5.41, 5.74) is 0. The highest BCUT2D eigenvalue weighted by Gasteiger charge is 2.19. The van der Waals surface area contributed by atoms with Gasteiger partial charge in [0.2, 0.25) is 6.79 Å². The molecule has 6 nitrogen and oxygen atoms in total. The maximum absolute atomic E-state index is 11.5. The number of rotatable bonds is 6. The Balaban J connectivity index is 1.95. The summed E-state index contributed by atoms with van der Waals surface area (Å²) in [6, 6.07) is 4.80. The normalized spacial score (nSPS) is 14.0. The van der Waals surface area contributed by atoms with Crippen molar-refractivity contribution in [3.8, 4) is 17.2 Å². The van der Waals surface area contributed by atoms with Gasteiger partial charge in [-0.2, -0.15) is 0 Å². The Labute approximate surface area is 111 Å². The van der Waals surface area contributed by atoms with Crippen molar-refractivity contribution in [2.75, 3.05) is 27.1 Å². The van der Waals surface area contributed by atoms with Gasteiger partial charge in [-0.15, -0.1) is 0 Å². The number of ether oxygens (including phenoxy) is 4. The summed E-state index contributed by atoms with van der Waals surface area (Å²) in [5.74, 6) is 1.62. The van der Waals surface area contributed by atoms with Gasteiger partial charge in [0.05, 0.1) is 7.11 Å². The van der Waals surface area contributed by atoms with Crippen LogP contribution in [0.5, 0.6) is 17.2 Å². The van der Waals surface area contributed by atoms with Crippen LogP contribution < -0.4 is 19.5 Å². The maximum atomic E-state index is 11.5. The second-order valence-electron chi connectivity index (χ2n) is 3.96. The number of carbonyl (C=O) groups excluding carboxylic acids is 1. The van der Waals surface area contributed by atoms with Gasteiger partial charge in [-0.05, 0) is 18.7 Å². The summed E-state index contributed by atoms with van der Waals surface area (Å²) in [7, 11) is 1.35. The first kappa shape index (κ1) is 13.5. The third-order valence-electron chi connectivity index (χ3n) is 2.70. The van der Waals surface area contributed by atoms with E-state index in [1.54, 1.807) is 18.2 Å². The van der Waals surface area contributed by atoms with E-state index in [2.05, 4.69) is 5.32 Å². The topological polar surface area (TPSA) is 66.0 Å². The van der Waals surface area contributed by atoms with E-state index in [0.717, 1.165) is 0 Å². The Morgan fingerprint density at radius 2 is 2.21 bits per heavy atom. The number of hydrogen-bond acceptors (Lipinski definition) is 6. The van der Waals surface area contributed by atoms with Crippen molar-refractivity contribution in [2.24, 2.45) is 0 Å². The monoisotopic (exact) mass is 267 g/mol. The number of hydrogen-bond donors (Lipinski definition) is 1. The van der Waals surface area contributed by atoms with Crippen LogP contribution in [0, 0.1) is 0 Å². The van der Waals surface area contributed by atoms with Crippen molar-refractivity contribution < 1.29 is 23.7 Å². The summed E-state index contributed by atoms with van der Waals surface area (Å²) in [5, 5.41) is 3.00. The molecule has 0 aromatic heterocycles. The second kappa shape index (κ2) is 6.29. The molecule has 0 bridgehead atoms. The largest absolute Gasteiger partial charge is 0.491 e. The van der Waals surface area contributed by atoms with Crippen molar-refractivity contribution in [1.29, 1.82) is 0 Å². The predicted octanol–water partition coefficient (Wildman–Crippen LogP) is 0.945. The van der Waals surface area contributed by atoms with Crippen molar-refractivity contribution >= 4 is 5.97 Å². The molecule has 19 heavy (non-hydrogen) atoms. The molecule has 1 aliphatic heterocycles. The number of carbonyl (C=O) groups is 1. The minimum absolute atomic E-state index is 0.195. The van der Waals surface area contributed by atoms with Gasteiger partial charge in [-0.3, -0.25) is 4.79 Å². The second-order valence-corrected chi connectivity index (χ2v) is 3.96. The molecule has 104 valence electrons. The molecule has 0 saturated heterocycles. The van der Waals surface area contributed by atoms with E-state index in [-0.39, 0.29) is 19.4 Å². The van der Waals surface area contributed by atoms with Gasteiger partial charge in [0.15, 0.2) is 11.5 Å². The summed E-state index contributed by atoms with van der Waals surface area (Å²) in [6.45, 7) is 2.99. The lowest BCUT2D eigenvalue weighted by Gasteiger charge is -2.16. The van der Waals surface area contributed by atoms with Crippen LogP contribution in [-0.4, -0.2) is 39.1 Å². The highest BCUT2D eigenvalue weighted by Crippen LogP contribution is 2.35. The quantitative estimate of drug-likeness (QED) is 0.774. The molecule has 0 radical (unpaired) electrons. The van der Waals surface area contributed by atoms with E-state index in [1.807, 2.05) is 6.92 Å². The Bertz CT molecular complexity index is 449. The number of nitrogens with one attached hydrogen (secondary N) is 1. The van der Waals surface area contributed by atoms with Crippen molar-refractivity contribution in [3.05, 3.63) is 18.2 Å². The summed E-state index contributed by atoms with van der Waals surface area (Å²) in [6.07, 6.45) is 0. The van der Waals surface area contributed by atoms with Crippen LogP contribution in [0.15, 0.2) is 18.2 Å². The first-order chi connectivity index (χ1) is 9.24. The Hall–Kier alpha value is -1.95. The molecule has 0 spiro atoms. The smallest absolute Gasteiger partial charge is 0.326 e. The fourth-order valence-corrected chi connectivity index (χ4v) is 1.75. The average Bonchev–Trinajstić information content (AvgIpc) is 2.90. The van der Waals surface area contributed by atoms with Crippen LogP contribution in [-0.2, 0) is 9.53 Å². The fraction of sp³-hybridized carbons (Fsp3) is 0.462. The van der Waals surface area contributed by atoms with E-state index in [0.29, 0.717) is 23.8 Å². The molecule has 1 aliphatic rings. The van der Waals surface area contributed by atoms with Gasteiger partial charge in [-0.1, -0.05) is 6.92 Å². The number of methoxy groups -OCH3 is 1. The highest BCUT2D eigenvalue weighted by molar-refractivity contribution is 5.75. The van der Waals surface area contributed by atoms with Crippen LogP contribution in [0.2, 0.25) is 0 Å². The molecule has 0 saturated carbocycles. The molecule has 0 fully saturated rings. The highest BCUT2D eigenvalue weighted by atomic mass is 16.7. The van der Waals surface area contributed by atoms with Gasteiger partial charge in [0, 0.05) is 6.07 Å². The lowest BCUT2D eigenvalue weighted by molar-refractivity contribution is -0.143. The van der Waals surface area contributed by atoms with Crippen molar-refractivity contribution in [3.63, 3.8) is 0 Å². The van der Waals surface area contributed by atoms with Crippen molar-refractivity contribution in [1.82, 2.24) is 5.32 Å². The predicted molar refractivity (Wildman–Crippen MR) is 67.5 cm³/mol. The fourth-order valence-electron chi connectivity index (χ4n) is 1.75. The molecule has 6 heteroatoms. The number of likely N-dealkylation sites (N-methyl/N-ethyl adjacent to an activating group) is 1. The molecule has 1 aromatic carbocycles. The average molecular weight is 267 g/mol. The molecule has 0 amide bonds. The van der Waals surface area contributed by atoms with E-state index in [9.17, 15) is 4.79 Å². The maximum Gasteiger partial charge on any atom is 0.326 e. The first-order valence-electron chi connectivity index (χ1n) is 6.08. The van der Waals surface area contributed by atoms with Crippen LogP contribution in [0.4, 0.5) is 0 Å². The lowest BCUT2D eigenvalue weighted by Crippen LogP contribution is -2.42. The molecule has 2 rings (SSSR count). The first-order valence-corrected chi connectivity index (χ1v) is 6.08. The Kier molecular flexibility index (Phi) is 4.46. The van der Waals surface area contributed by atoms with E-state index >= 15 is 0 Å². The van der Waals surface area contributed by atoms with Crippen LogP contribution >= 0.6 is 0 Å². The molecule has 1 N–H and O–H groups in total. The van der Waals surface area contributed by atoms with E-state index in [4.69, 9.17) is 18.9 Å². The number of esters is 1. The lowest BCUT2D eigenvalue weighted by atomic mass is 10.3. The molecule has 0 aliphatic carbocycles. The minimum atomic E-state index is -0.486. The van der Waals surface area contributed by atoms with Crippen LogP contribution in [0.3, 0.4) is 0 Å². The van der Waals surface area contributed by atoms with E-state index in [1.165, 1.54) is 7.11 Å². The van der Waals surface area contributed by atoms with Gasteiger partial charge >= 0.3 is 5.97 Å². The summed E-state index contributed by atoms with van der Waals surface area (Å²) < 4.78 is 20.7. The molecule has 1 atom stereocenters. The zero-order valence-corrected chi connectivity index (χ0v) is 11.0. The number of fused-ring (bicyclic) bond motifs is 1. The minimum Gasteiger partial charge on any atom is -0.491 e. The zero-order valence-electron chi connectivity index (χ0n) is 11.0. The third kappa shape index (κ3) is 3.29. The standard InChI is InChI=1S/C13H17NO5/c1-3-14-10(13(15)16-2)7-17-9-4-5-11-12(6-9)19-8-18-11/h4-6,10,14H,3,7-8H2,1-2H3. The summed E-state index contributed by atoms with van der Waals surface area (Å²) in [4.78, 5) is 11.5. The molecular formula is C13H17NO5. The van der Waals surface area contributed by atoms with Crippen LogP contribution in [0.25, 0.3) is 0 Å². The third-order valence-corrected chi connectivity index (χ3v) is 2.70. The van der Waals surface area contributed by atoms with Gasteiger partial charge in [0.25, 0.3) is 0 Å². The molecular weight excluding hydrogens is 250 g/mol. The summed E-state index contributed by atoms with van der Waals surface area (Å²) >= 11 is 0. The Morgan fingerprint density at radius 1 is 1.42 bits per heavy atom. The van der Waals surface area contributed by atoms with Crippen LogP contribution in [0.1, 0.15) is 6.92 Å². The van der Waals surface area contributed by atoms with Gasteiger partial charge in [-0.25, -0.2) is 0 Å².